The number of aromatic amines is 1. The van der Waals surface area contributed by atoms with E-state index in [1.807, 2.05) is 19.9 Å². The van der Waals surface area contributed by atoms with Gasteiger partial charge in [0.2, 0.25) is 0 Å². The number of nitrogens with one attached hydrogen (secondary N) is 1. The number of nitrogens with zero attached hydrogens (tertiary/aromatic N) is 3. The lowest BCUT2D eigenvalue weighted by atomic mass is 10.0. The highest BCUT2D eigenvalue weighted by Gasteiger charge is 2.15. The third-order valence-electron chi connectivity index (χ3n) is 4.08. The topological polar surface area (TPSA) is 63.6 Å². The summed E-state index contributed by atoms with van der Waals surface area (Å²) in [6.45, 7) is 5.61. The summed E-state index contributed by atoms with van der Waals surface area (Å²) < 4.78 is 16.0. The molecule has 0 bridgehead atoms. The average molecular weight is 326 g/mol. The van der Waals surface area contributed by atoms with E-state index in [-0.39, 0.29) is 17.4 Å². The Morgan fingerprint density at radius 1 is 1.33 bits per heavy atom. The maximum absolute atomic E-state index is 14.3. The van der Waals surface area contributed by atoms with Gasteiger partial charge in [-0.3, -0.25) is 9.48 Å². The minimum atomic E-state index is -0.257. The van der Waals surface area contributed by atoms with E-state index in [1.165, 1.54) is 6.07 Å². The van der Waals surface area contributed by atoms with E-state index in [0.717, 1.165) is 17.5 Å². The molecule has 1 atom stereocenters. The fourth-order valence-electron chi connectivity index (χ4n) is 2.68. The molecule has 0 amide bonds. The Morgan fingerprint density at radius 3 is 2.79 bits per heavy atom. The lowest BCUT2D eigenvalue weighted by Gasteiger charge is -2.14. The molecule has 0 aliphatic carbocycles. The Labute approximate surface area is 139 Å². The van der Waals surface area contributed by atoms with E-state index < -0.39 is 0 Å². The van der Waals surface area contributed by atoms with Crippen molar-refractivity contribution in [1.29, 1.82) is 0 Å². The van der Waals surface area contributed by atoms with Crippen molar-refractivity contribution in [3.05, 3.63) is 69.8 Å². The molecule has 1 N–H and O–H groups in total. The molecule has 0 saturated heterocycles. The van der Waals surface area contributed by atoms with Gasteiger partial charge in [-0.2, -0.15) is 5.10 Å². The van der Waals surface area contributed by atoms with Gasteiger partial charge in [-0.15, -0.1) is 0 Å². The van der Waals surface area contributed by atoms with E-state index in [2.05, 4.69) is 15.1 Å². The molecular weight excluding hydrogens is 307 g/mol. The molecule has 0 aliphatic rings. The molecule has 3 rings (SSSR count). The van der Waals surface area contributed by atoms with Crippen molar-refractivity contribution in [2.45, 2.75) is 33.2 Å². The second kappa shape index (κ2) is 6.39. The average Bonchev–Trinajstić information content (AvgIpc) is 3.03. The normalized spacial score (nSPS) is 12.3. The van der Waals surface area contributed by atoms with Crippen LogP contribution in [0.25, 0.3) is 11.3 Å². The molecular formula is C18H19FN4O. The Bertz CT molecular complexity index is 929. The maximum Gasteiger partial charge on any atom is 0.251 e. The van der Waals surface area contributed by atoms with Crippen LogP contribution in [0.1, 0.15) is 36.8 Å². The number of rotatable bonds is 4. The SMILES string of the molecule is CCc1ccc(C(C)n2cc(-c3cc(=O)[nH]c(C)n3)cn2)c(F)c1. The van der Waals surface area contributed by atoms with Gasteiger partial charge >= 0.3 is 0 Å². The highest BCUT2D eigenvalue weighted by molar-refractivity contribution is 5.56. The van der Waals surface area contributed by atoms with Crippen LogP contribution in [0.4, 0.5) is 4.39 Å². The predicted molar refractivity (Wildman–Crippen MR) is 90.4 cm³/mol. The number of aryl methyl sites for hydroxylation is 2. The Hall–Kier alpha value is -2.76. The Balaban J connectivity index is 1.94. The van der Waals surface area contributed by atoms with E-state index in [4.69, 9.17) is 0 Å². The van der Waals surface area contributed by atoms with Crippen LogP contribution >= 0.6 is 0 Å². The van der Waals surface area contributed by atoms with Gasteiger partial charge in [-0.05, 0) is 31.9 Å². The summed E-state index contributed by atoms with van der Waals surface area (Å²) in [6, 6.07) is 6.47. The number of H-pyrrole nitrogens is 1. The quantitative estimate of drug-likeness (QED) is 0.800. The maximum atomic E-state index is 14.3. The highest BCUT2D eigenvalue weighted by Crippen LogP contribution is 2.24. The van der Waals surface area contributed by atoms with Crippen LogP contribution in [0.2, 0.25) is 0 Å². The molecule has 0 fully saturated rings. The Kier molecular flexibility index (Phi) is 4.29. The first-order chi connectivity index (χ1) is 11.5. The van der Waals surface area contributed by atoms with Crippen LogP contribution in [-0.2, 0) is 6.42 Å². The number of hydrogen-bond donors (Lipinski definition) is 1. The van der Waals surface area contributed by atoms with Crippen molar-refractivity contribution in [3.63, 3.8) is 0 Å². The van der Waals surface area contributed by atoms with Crippen LogP contribution in [0.5, 0.6) is 0 Å². The summed E-state index contributed by atoms with van der Waals surface area (Å²) >= 11 is 0. The first-order valence-electron chi connectivity index (χ1n) is 7.88. The van der Waals surface area contributed by atoms with E-state index >= 15 is 0 Å². The fourth-order valence-corrected chi connectivity index (χ4v) is 2.68. The van der Waals surface area contributed by atoms with Gasteiger partial charge in [0.1, 0.15) is 11.6 Å². The molecule has 2 heterocycles. The summed E-state index contributed by atoms with van der Waals surface area (Å²) in [4.78, 5) is 18.5. The van der Waals surface area contributed by atoms with Crippen molar-refractivity contribution in [2.75, 3.05) is 0 Å². The zero-order valence-electron chi connectivity index (χ0n) is 13.9. The molecule has 24 heavy (non-hydrogen) atoms. The van der Waals surface area contributed by atoms with Crippen molar-refractivity contribution in [3.8, 4) is 11.3 Å². The standard InChI is InChI=1S/C18H19FN4O/c1-4-13-5-6-15(16(19)7-13)11(2)23-10-14(9-20-23)17-8-18(24)22-12(3)21-17/h5-11H,4H2,1-3H3,(H,21,22,24). The molecule has 0 spiro atoms. The molecule has 2 aromatic heterocycles. The second-order valence-electron chi connectivity index (χ2n) is 5.81. The summed E-state index contributed by atoms with van der Waals surface area (Å²) in [7, 11) is 0. The van der Waals surface area contributed by atoms with Gasteiger partial charge in [-0.25, -0.2) is 9.37 Å². The molecule has 0 aliphatic heterocycles. The molecule has 0 saturated carbocycles. The van der Waals surface area contributed by atoms with Gasteiger partial charge < -0.3 is 4.98 Å². The molecule has 1 unspecified atom stereocenters. The first kappa shape index (κ1) is 16.1. The van der Waals surface area contributed by atoms with E-state index in [1.54, 1.807) is 36.1 Å². The molecule has 0 radical (unpaired) electrons. The summed E-state index contributed by atoms with van der Waals surface area (Å²) in [5.41, 5.74) is 2.61. The van der Waals surface area contributed by atoms with Crippen LogP contribution in [0.15, 0.2) is 41.5 Å². The van der Waals surface area contributed by atoms with Crippen LogP contribution in [-0.4, -0.2) is 19.7 Å². The molecule has 5 nitrogen and oxygen atoms in total. The first-order valence-corrected chi connectivity index (χ1v) is 7.88. The zero-order valence-corrected chi connectivity index (χ0v) is 13.9. The third-order valence-corrected chi connectivity index (χ3v) is 4.08. The zero-order chi connectivity index (χ0) is 17.3. The summed E-state index contributed by atoms with van der Waals surface area (Å²) in [5.74, 6) is 0.309. The van der Waals surface area contributed by atoms with Crippen LogP contribution in [0.3, 0.4) is 0 Å². The van der Waals surface area contributed by atoms with E-state index in [0.29, 0.717) is 17.1 Å². The van der Waals surface area contributed by atoms with Crippen molar-refractivity contribution in [1.82, 2.24) is 19.7 Å². The number of hydrogen-bond acceptors (Lipinski definition) is 3. The Morgan fingerprint density at radius 2 is 2.12 bits per heavy atom. The summed E-state index contributed by atoms with van der Waals surface area (Å²) in [5, 5.41) is 4.31. The van der Waals surface area contributed by atoms with Crippen molar-refractivity contribution < 1.29 is 4.39 Å². The minimum absolute atomic E-state index is 0.209. The van der Waals surface area contributed by atoms with Crippen molar-refractivity contribution in [2.24, 2.45) is 0 Å². The second-order valence-corrected chi connectivity index (χ2v) is 5.81. The molecule has 124 valence electrons. The molecule has 6 heteroatoms. The highest BCUT2D eigenvalue weighted by atomic mass is 19.1. The summed E-state index contributed by atoms with van der Waals surface area (Å²) in [6.07, 6.45) is 4.21. The van der Waals surface area contributed by atoms with Gasteiger partial charge in [0.25, 0.3) is 5.56 Å². The number of benzene rings is 1. The van der Waals surface area contributed by atoms with Crippen LogP contribution < -0.4 is 5.56 Å². The lowest BCUT2D eigenvalue weighted by Crippen LogP contribution is -2.10. The van der Waals surface area contributed by atoms with Gasteiger partial charge in [0.05, 0.1) is 17.9 Å². The predicted octanol–water partition coefficient (Wildman–Crippen LogP) is 3.25. The van der Waals surface area contributed by atoms with Gasteiger partial charge in [0, 0.05) is 23.4 Å². The van der Waals surface area contributed by atoms with Gasteiger partial charge in [0.15, 0.2) is 0 Å². The monoisotopic (exact) mass is 326 g/mol. The largest absolute Gasteiger partial charge is 0.311 e. The number of halogens is 1. The smallest absolute Gasteiger partial charge is 0.251 e. The molecule has 3 aromatic rings. The number of aromatic nitrogens is 4. The van der Waals surface area contributed by atoms with Crippen LogP contribution in [0, 0.1) is 12.7 Å². The van der Waals surface area contributed by atoms with Gasteiger partial charge in [-0.1, -0.05) is 19.1 Å². The van der Waals surface area contributed by atoms with E-state index in [9.17, 15) is 9.18 Å². The van der Waals surface area contributed by atoms with Crippen molar-refractivity contribution >= 4 is 0 Å². The lowest BCUT2D eigenvalue weighted by molar-refractivity contribution is 0.520. The fraction of sp³-hybridized carbons (Fsp3) is 0.278. The molecule has 1 aromatic carbocycles. The minimum Gasteiger partial charge on any atom is -0.311 e. The third kappa shape index (κ3) is 3.13.